The Labute approximate surface area is 161 Å². The summed E-state index contributed by atoms with van der Waals surface area (Å²) in [5.74, 6) is 1.42. The van der Waals surface area contributed by atoms with E-state index in [1.54, 1.807) is 0 Å². The molecule has 0 aliphatic rings. The third-order valence-corrected chi connectivity index (χ3v) is 4.67. The smallest absolute Gasteiger partial charge is 0.221 e. The zero-order chi connectivity index (χ0) is 19.1. The highest BCUT2D eigenvalue weighted by atomic mass is 32.1. The number of aryl methyl sites for hydroxylation is 1. The average molecular weight is 375 g/mol. The summed E-state index contributed by atoms with van der Waals surface area (Å²) in [7, 11) is 0. The number of amides is 1. The summed E-state index contributed by atoms with van der Waals surface area (Å²) in [5.41, 5.74) is 2.47. The average Bonchev–Trinajstić information content (AvgIpc) is 3.01. The minimum absolute atomic E-state index is 0.0816. The van der Waals surface area contributed by atoms with Crippen LogP contribution in [-0.4, -0.2) is 34.4 Å². The van der Waals surface area contributed by atoms with Gasteiger partial charge in [-0.1, -0.05) is 43.7 Å². The van der Waals surface area contributed by atoms with E-state index >= 15 is 0 Å². The molecule has 1 amide bonds. The van der Waals surface area contributed by atoms with Crippen molar-refractivity contribution in [3.8, 4) is 0 Å². The normalized spacial score (nSPS) is 11.2. The molecule has 0 fully saturated rings. The summed E-state index contributed by atoms with van der Waals surface area (Å²) < 4.78 is 4.53. The van der Waals surface area contributed by atoms with Crippen molar-refractivity contribution < 1.29 is 4.79 Å². The van der Waals surface area contributed by atoms with Gasteiger partial charge in [0.25, 0.3) is 0 Å². The molecule has 1 N–H and O–H groups in total. The topological polar surface area (TPSA) is 58.1 Å². The van der Waals surface area contributed by atoms with E-state index < -0.39 is 0 Å². The fraction of sp³-hybridized carbons (Fsp3) is 0.550. The van der Waals surface area contributed by atoms with Crippen LogP contribution in [0.15, 0.2) is 24.3 Å². The molecule has 1 aromatic carbocycles. The zero-order valence-electron chi connectivity index (χ0n) is 16.5. The van der Waals surface area contributed by atoms with Crippen LogP contribution < -0.4 is 10.2 Å². The summed E-state index contributed by atoms with van der Waals surface area (Å²) in [6.45, 7) is 11.9. The van der Waals surface area contributed by atoms with Crippen LogP contribution in [0.1, 0.15) is 51.1 Å². The van der Waals surface area contributed by atoms with E-state index in [0.717, 1.165) is 23.9 Å². The van der Waals surface area contributed by atoms with Crippen LogP contribution in [0.2, 0.25) is 0 Å². The maximum atomic E-state index is 12.0. The maximum absolute atomic E-state index is 12.0. The van der Waals surface area contributed by atoms with Gasteiger partial charge in [-0.2, -0.15) is 4.37 Å². The number of hydrogen-bond acceptors (Lipinski definition) is 5. The molecule has 26 heavy (non-hydrogen) atoms. The summed E-state index contributed by atoms with van der Waals surface area (Å²) in [4.78, 5) is 18.9. The van der Waals surface area contributed by atoms with Gasteiger partial charge >= 0.3 is 0 Å². The van der Waals surface area contributed by atoms with Crippen LogP contribution in [0, 0.1) is 12.8 Å². The molecule has 0 unspecified atom stereocenters. The molecular formula is C20H30N4OS. The number of nitrogens with one attached hydrogen (secondary N) is 1. The second-order valence-electron chi connectivity index (χ2n) is 7.47. The third-order valence-electron chi connectivity index (χ3n) is 3.85. The van der Waals surface area contributed by atoms with Crippen LogP contribution in [-0.2, 0) is 11.2 Å². The fourth-order valence-corrected chi connectivity index (χ4v) is 3.39. The second-order valence-corrected chi connectivity index (χ2v) is 8.20. The largest absolute Gasteiger partial charge is 0.354 e. The molecule has 1 heterocycles. The Morgan fingerprint density at radius 3 is 2.50 bits per heavy atom. The number of hydrogen-bond donors (Lipinski definition) is 1. The summed E-state index contributed by atoms with van der Waals surface area (Å²) >= 11 is 1.42. The summed E-state index contributed by atoms with van der Waals surface area (Å²) in [5, 5.41) is 3.85. The molecule has 2 rings (SSSR count). The van der Waals surface area contributed by atoms with E-state index in [1.807, 2.05) is 13.8 Å². The fourth-order valence-electron chi connectivity index (χ4n) is 2.67. The molecule has 0 aliphatic carbocycles. The maximum Gasteiger partial charge on any atom is 0.221 e. The Morgan fingerprint density at radius 1 is 1.19 bits per heavy atom. The summed E-state index contributed by atoms with van der Waals surface area (Å²) in [6.07, 6.45) is 1.21. The quantitative estimate of drug-likeness (QED) is 0.725. The van der Waals surface area contributed by atoms with Gasteiger partial charge in [0.2, 0.25) is 11.0 Å². The van der Waals surface area contributed by atoms with Gasteiger partial charge in [0.1, 0.15) is 5.82 Å². The Balaban J connectivity index is 2.02. The van der Waals surface area contributed by atoms with E-state index in [4.69, 9.17) is 4.98 Å². The first kappa shape index (κ1) is 20.4. The van der Waals surface area contributed by atoms with Crippen molar-refractivity contribution in [2.24, 2.45) is 5.92 Å². The number of nitrogens with zero attached hydrogens (tertiary/aromatic N) is 3. The van der Waals surface area contributed by atoms with E-state index in [2.05, 4.69) is 59.6 Å². The van der Waals surface area contributed by atoms with Gasteiger partial charge in [-0.15, -0.1) is 0 Å². The number of rotatable bonds is 9. The van der Waals surface area contributed by atoms with Crippen molar-refractivity contribution in [2.75, 3.05) is 18.0 Å². The molecule has 0 saturated carbocycles. The number of carbonyl (C=O) groups excluding carboxylic acids is 1. The van der Waals surface area contributed by atoms with Gasteiger partial charge in [-0.3, -0.25) is 4.79 Å². The minimum atomic E-state index is 0.0816. The second kappa shape index (κ2) is 9.67. The first-order chi connectivity index (χ1) is 12.3. The number of aromatic nitrogens is 2. The first-order valence-electron chi connectivity index (χ1n) is 9.26. The lowest BCUT2D eigenvalue weighted by Gasteiger charge is -2.23. The standard InChI is InChI=1S/C20H30N4OS/c1-14(2)13-24(11-10-19(25)21-15(3)4)20-22-18(23-26-20)12-17-8-6-16(5)7-9-17/h6-9,14-15H,10-13H2,1-5H3,(H,21,25). The molecule has 0 radical (unpaired) electrons. The lowest BCUT2D eigenvalue weighted by Crippen LogP contribution is -2.35. The number of anilines is 1. The highest BCUT2D eigenvalue weighted by Crippen LogP contribution is 2.20. The van der Waals surface area contributed by atoms with Gasteiger partial charge in [0, 0.05) is 43.5 Å². The van der Waals surface area contributed by atoms with Crippen molar-refractivity contribution in [1.82, 2.24) is 14.7 Å². The highest BCUT2D eigenvalue weighted by Gasteiger charge is 2.16. The van der Waals surface area contributed by atoms with Crippen molar-refractivity contribution in [3.63, 3.8) is 0 Å². The van der Waals surface area contributed by atoms with Crippen LogP contribution in [0.3, 0.4) is 0 Å². The Bertz CT molecular complexity index is 694. The van der Waals surface area contributed by atoms with Gasteiger partial charge in [0.05, 0.1) is 0 Å². The lowest BCUT2D eigenvalue weighted by atomic mass is 10.1. The Kier molecular flexibility index (Phi) is 7.57. The van der Waals surface area contributed by atoms with Gasteiger partial charge in [0.15, 0.2) is 0 Å². The molecule has 6 heteroatoms. The SMILES string of the molecule is Cc1ccc(Cc2nsc(N(CCC(=O)NC(C)C)CC(C)C)n2)cc1. The van der Waals surface area contributed by atoms with E-state index in [9.17, 15) is 4.79 Å². The molecule has 0 spiro atoms. The van der Waals surface area contributed by atoms with E-state index in [1.165, 1.54) is 22.7 Å². The van der Waals surface area contributed by atoms with Crippen LogP contribution >= 0.6 is 11.5 Å². The van der Waals surface area contributed by atoms with Crippen molar-refractivity contribution in [1.29, 1.82) is 0 Å². The number of benzene rings is 1. The van der Waals surface area contributed by atoms with Crippen molar-refractivity contribution >= 4 is 22.6 Å². The Hall–Kier alpha value is -1.95. The minimum Gasteiger partial charge on any atom is -0.354 e. The summed E-state index contributed by atoms with van der Waals surface area (Å²) in [6, 6.07) is 8.64. The molecule has 0 atom stereocenters. The van der Waals surface area contributed by atoms with Gasteiger partial charge < -0.3 is 10.2 Å². The van der Waals surface area contributed by atoms with Crippen LogP contribution in [0.5, 0.6) is 0 Å². The van der Waals surface area contributed by atoms with E-state index in [0.29, 0.717) is 18.9 Å². The van der Waals surface area contributed by atoms with Gasteiger partial charge in [-0.05, 0) is 32.3 Å². The molecule has 142 valence electrons. The molecule has 0 aliphatic heterocycles. The third kappa shape index (κ3) is 6.75. The molecule has 0 bridgehead atoms. The predicted octanol–water partition coefficient (Wildman–Crippen LogP) is 3.81. The van der Waals surface area contributed by atoms with Crippen molar-refractivity contribution in [3.05, 3.63) is 41.2 Å². The van der Waals surface area contributed by atoms with Gasteiger partial charge in [-0.25, -0.2) is 4.98 Å². The molecule has 0 saturated heterocycles. The van der Waals surface area contributed by atoms with Crippen molar-refractivity contribution in [2.45, 2.75) is 53.5 Å². The molecular weight excluding hydrogens is 344 g/mol. The zero-order valence-corrected chi connectivity index (χ0v) is 17.3. The number of carbonyl (C=O) groups is 1. The van der Waals surface area contributed by atoms with Crippen LogP contribution in [0.4, 0.5) is 5.13 Å². The molecule has 5 nitrogen and oxygen atoms in total. The Morgan fingerprint density at radius 2 is 1.88 bits per heavy atom. The lowest BCUT2D eigenvalue weighted by molar-refractivity contribution is -0.121. The molecule has 2 aromatic rings. The van der Waals surface area contributed by atoms with E-state index in [-0.39, 0.29) is 11.9 Å². The highest BCUT2D eigenvalue weighted by molar-refractivity contribution is 7.09. The van der Waals surface area contributed by atoms with Crippen LogP contribution in [0.25, 0.3) is 0 Å². The monoisotopic (exact) mass is 374 g/mol. The molecule has 1 aromatic heterocycles. The first-order valence-corrected chi connectivity index (χ1v) is 10.0. The predicted molar refractivity (Wildman–Crippen MR) is 109 cm³/mol.